The van der Waals surface area contributed by atoms with Gasteiger partial charge in [0.15, 0.2) is 0 Å². The highest BCUT2D eigenvalue weighted by Gasteiger charge is 2.29. The van der Waals surface area contributed by atoms with Gasteiger partial charge in [0.25, 0.3) is 0 Å². The summed E-state index contributed by atoms with van der Waals surface area (Å²) in [6.07, 6.45) is 7.67. The average Bonchev–Trinajstić information content (AvgIpc) is 2.79. The Morgan fingerprint density at radius 2 is 2.00 bits per heavy atom. The Bertz CT molecular complexity index is 428. The van der Waals surface area contributed by atoms with Crippen molar-refractivity contribution in [1.82, 2.24) is 4.98 Å². The number of carbonyl (C=O) groups excluding carboxylic acids is 1. The van der Waals surface area contributed by atoms with Gasteiger partial charge in [-0.2, -0.15) is 4.98 Å². The van der Waals surface area contributed by atoms with Crippen LogP contribution in [0.25, 0.3) is 0 Å². The number of carbonyl (C=O) groups is 1. The molecule has 4 nitrogen and oxygen atoms in total. The van der Waals surface area contributed by atoms with Gasteiger partial charge >= 0.3 is 6.01 Å². The Labute approximate surface area is 121 Å². The van der Waals surface area contributed by atoms with E-state index >= 15 is 0 Å². The predicted molar refractivity (Wildman–Crippen MR) is 79.8 cm³/mol. The number of aromatic nitrogens is 1. The van der Waals surface area contributed by atoms with E-state index in [-0.39, 0.29) is 11.8 Å². The van der Waals surface area contributed by atoms with Crippen molar-refractivity contribution in [2.24, 2.45) is 5.92 Å². The fraction of sp³-hybridized carbons (Fsp3) is 0.750. The summed E-state index contributed by atoms with van der Waals surface area (Å²) in [5, 5.41) is 0. The van der Waals surface area contributed by atoms with E-state index in [2.05, 4.69) is 11.9 Å². The number of nitrogens with zero attached hydrogens (tertiary/aromatic N) is 2. The van der Waals surface area contributed by atoms with E-state index in [1.807, 2.05) is 13.8 Å². The number of aryl methyl sites for hydroxylation is 2. The second-order valence-corrected chi connectivity index (χ2v) is 5.82. The Hall–Kier alpha value is -1.32. The maximum atomic E-state index is 12.8. The molecule has 0 radical (unpaired) electrons. The number of unbranched alkanes of at least 4 members (excludes halogenated alkanes) is 1. The maximum Gasteiger partial charge on any atom is 0.304 e. The third-order valence-corrected chi connectivity index (χ3v) is 4.20. The third-order valence-electron chi connectivity index (χ3n) is 4.20. The lowest BCUT2D eigenvalue weighted by Gasteiger charge is -2.26. The van der Waals surface area contributed by atoms with E-state index in [0.717, 1.165) is 37.1 Å². The molecule has 1 amide bonds. The summed E-state index contributed by atoms with van der Waals surface area (Å²) in [4.78, 5) is 18.9. The summed E-state index contributed by atoms with van der Waals surface area (Å²) in [6.45, 7) is 6.67. The fourth-order valence-corrected chi connectivity index (χ4v) is 2.76. The first-order chi connectivity index (χ1) is 9.63. The smallest absolute Gasteiger partial charge is 0.304 e. The monoisotopic (exact) mass is 278 g/mol. The lowest BCUT2D eigenvalue weighted by molar-refractivity contribution is -0.123. The summed E-state index contributed by atoms with van der Waals surface area (Å²) in [7, 11) is 0. The normalized spacial score (nSPS) is 16.4. The number of oxazole rings is 1. The SMILES string of the molecule is CCCCN(C(=O)C1CCCCC1)c1nc(C)c(C)o1. The van der Waals surface area contributed by atoms with Crippen LogP contribution in [-0.2, 0) is 4.79 Å². The number of anilines is 1. The lowest BCUT2D eigenvalue weighted by atomic mass is 9.88. The molecule has 4 heteroatoms. The summed E-state index contributed by atoms with van der Waals surface area (Å²) >= 11 is 0. The minimum Gasteiger partial charge on any atom is -0.428 e. The van der Waals surface area contributed by atoms with Gasteiger partial charge in [-0.3, -0.25) is 9.69 Å². The molecule has 1 aliphatic carbocycles. The van der Waals surface area contributed by atoms with Gasteiger partial charge in [0.1, 0.15) is 5.76 Å². The molecule has 0 spiro atoms. The van der Waals surface area contributed by atoms with Crippen molar-refractivity contribution >= 4 is 11.9 Å². The Morgan fingerprint density at radius 1 is 1.30 bits per heavy atom. The van der Waals surface area contributed by atoms with Gasteiger partial charge in [0.05, 0.1) is 5.69 Å². The van der Waals surface area contributed by atoms with Gasteiger partial charge in [-0.15, -0.1) is 0 Å². The molecular formula is C16H26N2O2. The van der Waals surface area contributed by atoms with E-state index in [1.54, 1.807) is 4.90 Å². The summed E-state index contributed by atoms with van der Waals surface area (Å²) in [5.41, 5.74) is 0.873. The highest BCUT2D eigenvalue weighted by molar-refractivity contribution is 5.93. The molecule has 0 N–H and O–H groups in total. The highest BCUT2D eigenvalue weighted by atomic mass is 16.4. The molecule has 20 heavy (non-hydrogen) atoms. The summed E-state index contributed by atoms with van der Waals surface area (Å²) in [5.74, 6) is 1.17. The molecule has 1 aliphatic rings. The Kier molecular flexibility index (Phi) is 5.21. The van der Waals surface area contributed by atoms with Crippen molar-refractivity contribution in [3.05, 3.63) is 11.5 Å². The maximum absolute atomic E-state index is 12.8. The Balaban J connectivity index is 2.15. The second kappa shape index (κ2) is 6.91. The van der Waals surface area contributed by atoms with Crippen molar-refractivity contribution in [2.45, 2.75) is 65.7 Å². The molecule has 112 valence electrons. The van der Waals surface area contributed by atoms with Gasteiger partial charge in [-0.25, -0.2) is 0 Å². The molecule has 1 aromatic heterocycles. The van der Waals surface area contributed by atoms with Crippen LogP contribution >= 0.6 is 0 Å². The van der Waals surface area contributed by atoms with Crippen molar-refractivity contribution in [1.29, 1.82) is 0 Å². The fourth-order valence-electron chi connectivity index (χ4n) is 2.76. The lowest BCUT2D eigenvalue weighted by Crippen LogP contribution is -2.38. The van der Waals surface area contributed by atoms with Crippen molar-refractivity contribution < 1.29 is 9.21 Å². The first kappa shape index (κ1) is 15.1. The molecule has 0 atom stereocenters. The molecule has 0 aliphatic heterocycles. The number of hydrogen-bond donors (Lipinski definition) is 0. The number of hydrogen-bond acceptors (Lipinski definition) is 3. The topological polar surface area (TPSA) is 46.3 Å². The van der Waals surface area contributed by atoms with E-state index in [0.29, 0.717) is 12.6 Å². The summed E-state index contributed by atoms with van der Waals surface area (Å²) in [6, 6.07) is 0.490. The van der Waals surface area contributed by atoms with Gasteiger partial charge in [0, 0.05) is 12.5 Å². The van der Waals surface area contributed by atoms with Crippen molar-refractivity contribution in [3.63, 3.8) is 0 Å². The minimum atomic E-state index is 0.160. The molecule has 0 bridgehead atoms. The molecule has 2 rings (SSSR count). The van der Waals surface area contributed by atoms with Crippen molar-refractivity contribution in [2.75, 3.05) is 11.4 Å². The first-order valence-corrected chi connectivity index (χ1v) is 7.89. The number of amides is 1. The molecular weight excluding hydrogens is 252 g/mol. The number of rotatable bonds is 5. The molecule has 0 aromatic carbocycles. The van der Waals surface area contributed by atoms with Gasteiger partial charge in [-0.05, 0) is 33.1 Å². The summed E-state index contributed by atoms with van der Waals surface area (Å²) < 4.78 is 5.68. The average molecular weight is 278 g/mol. The molecule has 1 aromatic rings. The zero-order valence-corrected chi connectivity index (χ0v) is 12.9. The van der Waals surface area contributed by atoms with Gasteiger partial charge < -0.3 is 4.42 Å². The molecule has 1 saturated carbocycles. The Morgan fingerprint density at radius 3 is 2.55 bits per heavy atom. The zero-order chi connectivity index (χ0) is 14.5. The highest BCUT2D eigenvalue weighted by Crippen LogP contribution is 2.28. The van der Waals surface area contributed by atoms with Crippen LogP contribution in [0.5, 0.6) is 0 Å². The van der Waals surface area contributed by atoms with Gasteiger partial charge in [-0.1, -0.05) is 32.6 Å². The van der Waals surface area contributed by atoms with Crippen LogP contribution < -0.4 is 4.90 Å². The van der Waals surface area contributed by atoms with E-state index in [9.17, 15) is 4.79 Å². The quantitative estimate of drug-likeness (QED) is 0.817. The standard InChI is InChI=1S/C16H26N2O2/c1-4-5-11-18(16-17-12(2)13(3)20-16)15(19)14-9-7-6-8-10-14/h14H,4-11H2,1-3H3. The predicted octanol–water partition coefficient (Wildman–Crippen LogP) is 4.00. The molecule has 1 fully saturated rings. The van der Waals surface area contributed by atoms with Crippen LogP contribution in [0.2, 0.25) is 0 Å². The van der Waals surface area contributed by atoms with Crippen molar-refractivity contribution in [3.8, 4) is 0 Å². The van der Waals surface area contributed by atoms with Gasteiger partial charge in [0.2, 0.25) is 5.91 Å². The van der Waals surface area contributed by atoms with Crippen LogP contribution in [-0.4, -0.2) is 17.4 Å². The van der Waals surface area contributed by atoms with E-state index < -0.39 is 0 Å². The largest absolute Gasteiger partial charge is 0.428 e. The third kappa shape index (κ3) is 3.41. The zero-order valence-electron chi connectivity index (χ0n) is 12.9. The molecule has 1 heterocycles. The second-order valence-electron chi connectivity index (χ2n) is 5.82. The van der Waals surface area contributed by atoms with Crippen LogP contribution in [0.1, 0.15) is 63.3 Å². The van der Waals surface area contributed by atoms with Crippen LogP contribution in [0.3, 0.4) is 0 Å². The van der Waals surface area contributed by atoms with Crippen LogP contribution in [0.15, 0.2) is 4.42 Å². The first-order valence-electron chi connectivity index (χ1n) is 7.89. The molecule has 0 saturated heterocycles. The van der Waals surface area contributed by atoms with E-state index in [1.165, 1.54) is 19.3 Å². The van der Waals surface area contributed by atoms with E-state index in [4.69, 9.17) is 4.42 Å². The van der Waals surface area contributed by atoms with Crippen LogP contribution in [0.4, 0.5) is 6.01 Å². The van der Waals surface area contributed by atoms with Crippen LogP contribution in [0, 0.1) is 19.8 Å². The molecule has 0 unspecified atom stereocenters. The minimum absolute atomic E-state index is 0.160.